The van der Waals surface area contributed by atoms with Crippen molar-refractivity contribution in [3.8, 4) is 10.6 Å². The molecule has 7 heteroatoms. The van der Waals surface area contributed by atoms with Crippen molar-refractivity contribution >= 4 is 33.7 Å². The standard InChI is InChI=1S/C13H18N4OS2/c1-8-7-19-12(15-8)10-11(14)16-20-13(10)17(5-6-18-2)9-3-4-9/h7,9H,3-6H2,1-2H3,(H2,14,16). The van der Waals surface area contributed by atoms with Crippen LogP contribution in [0, 0.1) is 6.92 Å². The van der Waals surface area contributed by atoms with Gasteiger partial charge in [0, 0.05) is 30.8 Å². The second-order valence-corrected chi connectivity index (χ2v) is 6.57. The molecule has 1 aliphatic rings. The van der Waals surface area contributed by atoms with Crippen LogP contribution >= 0.6 is 22.9 Å². The molecule has 0 aliphatic heterocycles. The van der Waals surface area contributed by atoms with Crippen LogP contribution in [-0.4, -0.2) is 35.7 Å². The van der Waals surface area contributed by atoms with Gasteiger partial charge in [-0.1, -0.05) is 0 Å². The fourth-order valence-corrected chi connectivity index (χ4v) is 4.01. The number of aryl methyl sites for hydroxylation is 1. The highest BCUT2D eigenvalue weighted by molar-refractivity contribution is 7.15. The molecule has 20 heavy (non-hydrogen) atoms. The maximum atomic E-state index is 6.08. The van der Waals surface area contributed by atoms with Gasteiger partial charge in [0.2, 0.25) is 0 Å². The van der Waals surface area contributed by atoms with Crippen LogP contribution in [0.4, 0.5) is 10.8 Å². The molecule has 2 heterocycles. The van der Waals surface area contributed by atoms with Crippen molar-refractivity contribution in [1.82, 2.24) is 9.36 Å². The van der Waals surface area contributed by atoms with E-state index in [1.54, 1.807) is 18.4 Å². The number of methoxy groups -OCH3 is 1. The molecule has 0 radical (unpaired) electrons. The number of aromatic nitrogens is 2. The zero-order valence-electron chi connectivity index (χ0n) is 11.6. The number of rotatable bonds is 6. The van der Waals surface area contributed by atoms with E-state index in [-0.39, 0.29) is 0 Å². The molecule has 5 nitrogen and oxygen atoms in total. The third kappa shape index (κ3) is 2.65. The third-order valence-corrected chi connectivity index (χ3v) is 5.20. The quantitative estimate of drug-likeness (QED) is 0.889. The van der Waals surface area contributed by atoms with Crippen molar-refractivity contribution in [2.75, 3.05) is 30.9 Å². The summed E-state index contributed by atoms with van der Waals surface area (Å²) in [6, 6.07) is 0.602. The van der Waals surface area contributed by atoms with Crippen LogP contribution in [0.25, 0.3) is 10.6 Å². The lowest BCUT2D eigenvalue weighted by atomic mass is 10.3. The van der Waals surface area contributed by atoms with Gasteiger partial charge in [0.1, 0.15) is 15.8 Å². The summed E-state index contributed by atoms with van der Waals surface area (Å²) in [7, 11) is 1.73. The summed E-state index contributed by atoms with van der Waals surface area (Å²) in [5.74, 6) is 0.586. The second kappa shape index (κ2) is 5.67. The largest absolute Gasteiger partial charge is 0.383 e. The van der Waals surface area contributed by atoms with E-state index in [0.29, 0.717) is 18.5 Å². The predicted octanol–water partition coefficient (Wildman–Crippen LogP) is 2.77. The van der Waals surface area contributed by atoms with E-state index in [4.69, 9.17) is 10.5 Å². The molecule has 0 atom stereocenters. The van der Waals surface area contributed by atoms with Gasteiger partial charge in [-0.2, -0.15) is 4.37 Å². The Morgan fingerprint density at radius 1 is 1.50 bits per heavy atom. The summed E-state index contributed by atoms with van der Waals surface area (Å²) in [4.78, 5) is 6.94. The summed E-state index contributed by atoms with van der Waals surface area (Å²) >= 11 is 3.10. The minimum Gasteiger partial charge on any atom is -0.383 e. The number of nitrogens with two attached hydrogens (primary N) is 1. The number of ether oxygens (including phenoxy) is 1. The fourth-order valence-electron chi connectivity index (χ4n) is 2.18. The van der Waals surface area contributed by atoms with Crippen LogP contribution in [-0.2, 0) is 4.74 Å². The Hall–Kier alpha value is -1.18. The van der Waals surface area contributed by atoms with Gasteiger partial charge in [0.15, 0.2) is 0 Å². The molecule has 0 spiro atoms. The molecule has 0 bridgehead atoms. The van der Waals surface area contributed by atoms with E-state index in [9.17, 15) is 0 Å². The van der Waals surface area contributed by atoms with Crippen LogP contribution in [0.5, 0.6) is 0 Å². The van der Waals surface area contributed by atoms with Crippen LogP contribution < -0.4 is 10.6 Å². The van der Waals surface area contributed by atoms with Crippen molar-refractivity contribution in [2.24, 2.45) is 0 Å². The molecule has 1 aliphatic carbocycles. The molecule has 1 saturated carbocycles. The molecule has 2 aromatic heterocycles. The SMILES string of the molecule is COCCN(c1snc(N)c1-c1nc(C)cs1)C1CC1. The second-order valence-electron chi connectivity index (χ2n) is 4.96. The lowest BCUT2D eigenvalue weighted by Gasteiger charge is -2.23. The topological polar surface area (TPSA) is 64.3 Å². The highest BCUT2D eigenvalue weighted by Crippen LogP contribution is 2.44. The molecule has 0 unspecified atom stereocenters. The smallest absolute Gasteiger partial charge is 0.149 e. The van der Waals surface area contributed by atoms with E-state index in [2.05, 4.69) is 14.3 Å². The molecule has 0 aromatic carbocycles. The summed E-state index contributed by atoms with van der Waals surface area (Å²) in [6.07, 6.45) is 2.47. The van der Waals surface area contributed by atoms with Gasteiger partial charge in [-0.3, -0.25) is 0 Å². The van der Waals surface area contributed by atoms with Crippen molar-refractivity contribution in [3.63, 3.8) is 0 Å². The average Bonchev–Trinajstić information content (AvgIpc) is 3.07. The van der Waals surface area contributed by atoms with Gasteiger partial charge in [0.05, 0.1) is 12.2 Å². The van der Waals surface area contributed by atoms with Crippen LogP contribution in [0.2, 0.25) is 0 Å². The van der Waals surface area contributed by atoms with Crippen molar-refractivity contribution in [3.05, 3.63) is 11.1 Å². The van der Waals surface area contributed by atoms with Crippen molar-refractivity contribution in [2.45, 2.75) is 25.8 Å². The number of thiazole rings is 1. The van der Waals surface area contributed by atoms with Crippen LogP contribution in [0.15, 0.2) is 5.38 Å². The summed E-state index contributed by atoms with van der Waals surface area (Å²) in [6.45, 7) is 3.59. The lowest BCUT2D eigenvalue weighted by Crippen LogP contribution is -2.29. The van der Waals surface area contributed by atoms with Gasteiger partial charge >= 0.3 is 0 Å². The Labute approximate surface area is 126 Å². The first kappa shape index (κ1) is 13.8. The maximum Gasteiger partial charge on any atom is 0.149 e. The van der Waals surface area contributed by atoms with E-state index >= 15 is 0 Å². The highest BCUT2D eigenvalue weighted by Gasteiger charge is 2.33. The van der Waals surface area contributed by atoms with Crippen LogP contribution in [0.3, 0.4) is 0 Å². The molecule has 3 rings (SSSR count). The van der Waals surface area contributed by atoms with Crippen molar-refractivity contribution in [1.29, 1.82) is 0 Å². The molecule has 1 fully saturated rings. The number of nitrogen functional groups attached to an aromatic ring is 1. The number of hydrogen-bond acceptors (Lipinski definition) is 7. The lowest BCUT2D eigenvalue weighted by molar-refractivity contribution is 0.205. The molecule has 2 N–H and O–H groups in total. The Morgan fingerprint density at radius 2 is 2.30 bits per heavy atom. The van der Waals surface area contributed by atoms with E-state index in [0.717, 1.165) is 27.8 Å². The van der Waals surface area contributed by atoms with E-state index in [1.165, 1.54) is 24.4 Å². The van der Waals surface area contributed by atoms with Gasteiger partial charge in [0.25, 0.3) is 0 Å². The number of nitrogens with zero attached hydrogens (tertiary/aromatic N) is 3. The normalized spacial score (nSPS) is 14.7. The molecular weight excluding hydrogens is 292 g/mol. The first-order valence-corrected chi connectivity index (χ1v) is 8.29. The first-order chi connectivity index (χ1) is 9.70. The summed E-state index contributed by atoms with van der Waals surface area (Å²) in [5.41, 5.74) is 8.10. The van der Waals surface area contributed by atoms with Gasteiger partial charge in [-0.25, -0.2) is 4.98 Å². The van der Waals surface area contributed by atoms with Gasteiger partial charge < -0.3 is 15.4 Å². The average molecular weight is 310 g/mol. The molecular formula is C13H18N4OS2. The number of hydrogen-bond donors (Lipinski definition) is 1. The Morgan fingerprint density at radius 3 is 2.90 bits per heavy atom. The fraction of sp³-hybridized carbons (Fsp3) is 0.538. The summed E-state index contributed by atoms with van der Waals surface area (Å²) in [5, 5.41) is 4.15. The number of anilines is 2. The molecule has 0 amide bonds. The minimum atomic E-state index is 0.586. The van der Waals surface area contributed by atoms with E-state index < -0.39 is 0 Å². The highest BCUT2D eigenvalue weighted by atomic mass is 32.1. The Kier molecular flexibility index (Phi) is 3.91. The Bertz CT molecular complexity index is 591. The zero-order valence-corrected chi connectivity index (χ0v) is 13.3. The van der Waals surface area contributed by atoms with E-state index in [1.807, 2.05) is 12.3 Å². The first-order valence-electron chi connectivity index (χ1n) is 6.64. The summed E-state index contributed by atoms with van der Waals surface area (Å²) < 4.78 is 9.57. The van der Waals surface area contributed by atoms with Crippen LogP contribution in [0.1, 0.15) is 18.5 Å². The minimum absolute atomic E-state index is 0.586. The Balaban J connectivity index is 1.96. The monoisotopic (exact) mass is 310 g/mol. The molecule has 108 valence electrons. The molecule has 2 aromatic rings. The van der Waals surface area contributed by atoms with Crippen molar-refractivity contribution < 1.29 is 4.74 Å². The zero-order chi connectivity index (χ0) is 14.1. The predicted molar refractivity (Wildman–Crippen MR) is 84.6 cm³/mol. The van der Waals surface area contributed by atoms with Gasteiger partial charge in [-0.05, 0) is 31.3 Å². The maximum absolute atomic E-state index is 6.08. The third-order valence-electron chi connectivity index (χ3n) is 3.32. The molecule has 0 saturated heterocycles. The van der Waals surface area contributed by atoms with Gasteiger partial charge in [-0.15, -0.1) is 11.3 Å².